The fourth-order valence-electron chi connectivity index (χ4n) is 4.16. The quantitative estimate of drug-likeness (QED) is 0.601. The Morgan fingerprint density at radius 3 is 2.83 bits per heavy atom. The predicted molar refractivity (Wildman–Crippen MR) is 79.1 cm³/mol. The number of carbonyl (C=O) groups excluding carboxylic acids is 3. The Kier molecular flexibility index (Phi) is 3.48. The van der Waals surface area contributed by atoms with Crippen LogP contribution in [0.5, 0.6) is 0 Å². The average molecular weight is 320 g/mol. The van der Waals surface area contributed by atoms with Gasteiger partial charge in [0.05, 0.1) is 6.61 Å². The first-order chi connectivity index (χ1) is 10.7. The predicted octanol–water partition coefficient (Wildman–Crippen LogP) is 0.934. The molecule has 6 nitrogen and oxygen atoms in total. The fraction of sp³-hybridized carbons (Fsp3) is 0.588. The second-order valence-electron chi connectivity index (χ2n) is 6.76. The summed E-state index contributed by atoms with van der Waals surface area (Å²) in [4.78, 5) is 35.6. The highest BCUT2D eigenvalue weighted by molar-refractivity contribution is 6.01. The van der Waals surface area contributed by atoms with Crippen LogP contribution in [0.2, 0.25) is 0 Å². The van der Waals surface area contributed by atoms with Crippen LogP contribution in [0, 0.1) is 17.3 Å². The molecule has 3 aliphatic rings. The SMILES string of the molecule is C=C1C(=O)O[C@@H]2[C@H]1CC[C@H](COC(C)=O)[C@]1(O)C=CC(=O)[C@@]21C. The van der Waals surface area contributed by atoms with E-state index < -0.39 is 35.0 Å². The summed E-state index contributed by atoms with van der Waals surface area (Å²) in [7, 11) is 0. The Morgan fingerprint density at radius 1 is 1.48 bits per heavy atom. The molecule has 0 aromatic carbocycles. The minimum atomic E-state index is -1.52. The van der Waals surface area contributed by atoms with E-state index in [4.69, 9.17) is 9.47 Å². The Hall–Kier alpha value is -1.95. The van der Waals surface area contributed by atoms with Crippen LogP contribution in [-0.2, 0) is 23.9 Å². The lowest BCUT2D eigenvalue weighted by Crippen LogP contribution is -2.58. The fourth-order valence-corrected chi connectivity index (χ4v) is 4.16. The second kappa shape index (κ2) is 5.03. The molecule has 3 rings (SSSR count). The highest BCUT2D eigenvalue weighted by Crippen LogP contribution is 2.56. The van der Waals surface area contributed by atoms with Gasteiger partial charge in [0.15, 0.2) is 5.78 Å². The maximum absolute atomic E-state index is 12.6. The maximum atomic E-state index is 12.6. The topological polar surface area (TPSA) is 89.9 Å². The third-order valence-electron chi connectivity index (χ3n) is 5.65. The molecule has 0 amide bonds. The first-order valence-corrected chi connectivity index (χ1v) is 7.71. The van der Waals surface area contributed by atoms with E-state index in [2.05, 4.69) is 6.58 Å². The molecule has 124 valence electrons. The summed E-state index contributed by atoms with van der Waals surface area (Å²) in [5.74, 6) is -2.00. The molecule has 1 heterocycles. The Bertz CT molecular complexity index is 635. The van der Waals surface area contributed by atoms with Gasteiger partial charge in [-0.25, -0.2) is 4.79 Å². The van der Waals surface area contributed by atoms with Crippen molar-refractivity contribution >= 4 is 17.7 Å². The molecule has 1 N–H and O–H groups in total. The van der Waals surface area contributed by atoms with Gasteiger partial charge < -0.3 is 14.6 Å². The lowest BCUT2D eigenvalue weighted by atomic mass is 9.64. The Balaban J connectivity index is 2.03. The van der Waals surface area contributed by atoms with Crippen LogP contribution in [0.15, 0.2) is 24.3 Å². The molecule has 1 aliphatic heterocycles. The largest absolute Gasteiger partial charge is 0.465 e. The molecule has 0 unspecified atom stereocenters. The molecule has 1 saturated heterocycles. The third-order valence-corrected chi connectivity index (χ3v) is 5.65. The molecule has 0 spiro atoms. The number of fused-ring (bicyclic) bond motifs is 3. The van der Waals surface area contributed by atoms with E-state index in [9.17, 15) is 19.5 Å². The van der Waals surface area contributed by atoms with Crippen molar-refractivity contribution in [1.29, 1.82) is 0 Å². The molecular weight excluding hydrogens is 300 g/mol. The second-order valence-corrected chi connectivity index (χ2v) is 6.76. The zero-order chi connectivity index (χ0) is 17.0. The molecule has 0 aromatic rings. The van der Waals surface area contributed by atoms with Crippen molar-refractivity contribution in [2.24, 2.45) is 17.3 Å². The smallest absolute Gasteiger partial charge is 0.334 e. The molecule has 0 radical (unpaired) electrons. The number of ketones is 1. The van der Waals surface area contributed by atoms with E-state index >= 15 is 0 Å². The van der Waals surface area contributed by atoms with Crippen LogP contribution in [0.25, 0.3) is 0 Å². The first-order valence-electron chi connectivity index (χ1n) is 7.71. The number of rotatable bonds is 2. The van der Waals surface area contributed by atoms with Crippen LogP contribution < -0.4 is 0 Å². The minimum absolute atomic E-state index is 0.0128. The first kappa shape index (κ1) is 15.9. The number of ether oxygens (including phenoxy) is 2. The molecule has 0 bridgehead atoms. The van der Waals surface area contributed by atoms with Crippen LogP contribution in [0.4, 0.5) is 0 Å². The van der Waals surface area contributed by atoms with Gasteiger partial charge in [0.1, 0.15) is 17.1 Å². The van der Waals surface area contributed by atoms with Gasteiger partial charge in [-0.1, -0.05) is 6.58 Å². The van der Waals surface area contributed by atoms with Crippen molar-refractivity contribution in [3.05, 3.63) is 24.3 Å². The van der Waals surface area contributed by atoms with Gasteiger partial charge in [-0.3, -0.25) is 9.59 Å². The summed E-state index contributed by atoms with van der Waals surface area (Å²) in [6, 6.07) is 0. The number of carbonyl (C=O) groups is 3. The molecule has 5 atom stereocenters. The number of allylic oxidation sites excluding steroid dienone is 1. The third kappa shape index (κ3) is 2.01. The van der Waals surface area contributed by atoms with Crippen molar-refractivity contribution in [3.8, 4) is 0 Å². The van der Waals surface area contributed by atoms with Crippen molar-refractivity contribution in [2.75, 3.05) is 6.61 Å². The van der Waals surface area contributed by atoms with Crippen molar-refractivity contribution < 1.29 is 29.0 Å². The van der Waals surface area contributed by atoms with Gasteiger partial charge in [-0.2, -0.15) is 0 Å². The van der Waals surface area contributed by atoms with Crippen LogP contribution in [0.1, 0.15) is 26.7 Å². The van der Waals surface area contributed by atoms with E-state index in [1.54, 1.807) is 6.92 Å². The average Bonchev–Trinajstić information content (AvgIpc) is 2.87. The lowest BCUT2D eigenvalue weighted by molar-refractivity contribution is -0.170. The van der Waals surface area contributed by atoms with Gasteiger partial charge in [0.25, 0.3) is 0 Å². The highest BCUT2D eigenvalue weighted by Gasteiger charge is 2.67. The summed E-state index contributed by atoms with van der Waals surface area (Å²) >= 11 is 0. The summed E-state index contributed by atoms with van der Waals surface area (Å²) in [6.07, 6.45) is 3.07. The lowest BCUT2D eigenvalue weighted by Gasteiger charge is -2.44. The molecule has 2 aliphatic carbocycles. The minimum Gasteiger partial charge on any atom is -0.465 e. The van der Waals surface area contributed by atoms with Crippen LogP contribution >= 0.6 is 0 Å². The monoisotopic (exact) mass is 320 g/mol. The number of hydrogen-bond acceptors (Lipinski definition) is 6. The van der Waals surface area contributed by atoms with Crippen LogP contribution in [-0.4, -0.2) is 41.1 Å². The highest BCUT2D eigenvalue weighted by atomic mass is 16.6. The van der Waals surface area contributed by atoms with E-state index in [1.807, 2.05) is 0 Å². The molecule has 0 aromatic heterocycles. The summed E-state index contributed by atoms with van der Waals surface area (Å²) in [5, 5.41) is 11.3. The van der Waals surface area contributed by atoms with Gasteiger partial charge in [0.2, 0.25) is 0 Å². The zero-order valence-electron chi connectivity index (χ0n) is 13.2. The van der Waals surface area contributed by atoms with Gasteiger partial charge >= 0.3 is 11.9 Å². The molecule has 6 heteroatoms. The number of esters is 2. The Labute approximate surface area is 134 Å². The van der Waals surface area contributed by atoms with E-state index in [0.29, 0.717) is 18.4 Å². The molecule has 2 fully saturated rings. The summed E-state index contributed by atoms with van der Waals surface area (Å²) in [6.45, 7) is 6.71. The van der Waals surface area contributed by atoms with Crippen molar-refractivity contribution in [3.63, 3.8) is 0 Å². The number of aliphatic hydroxyl groups is 1. The van der Waals surface area contributed by atoms with Crippen molar-refractivity contribution in [2.45, 2.75) is 38.4 Å². The van der Waals surface area contributed by atoms with Crippen LogP contribution in [0.3, 0.4) is 0 Å². The van der Waals surface area contributed by atoms with E-state index in [-0.39, 0.29) is 18.3 Å². The van der Waals surface area contributed by atoms with Gasteiger partial charge in [-0.05, 0) is 31.9 Å². The summed E-state index contributed by atoms with van der Waals surface area (Å²) in [5.41, 5.74) is -2.48. The summed E-state index contributed by atoms with van der Waals surface area (Å²) < 4.78 is 10.5. The van der Waals surface area contributed by atoms with Gasteiger partial charge in [-0.15, -0.1) is 0 Å². The van der Waals surface area contributed by atoms with Crippen molar-refractivity contribution in [1.82, 2.24) is 0 Å². The Morgan fingerprint density at radius 2 is 2.17 bits per heavy atom. The van der Waals surface area contributed by atoms with Gasteiger partial charge in [0, 0.05) is 24.3 Å². The molecule has 23 heavy (non-hydrogen) atoms. The zero-order valence-corrected chi connectivity index (χ0v) is 13.2. The van der Waals surface area contributed by atoms with E-state index in [1.165, 1.54) is 19.1 Å². The standard InChI is InChI=1S/C17H20O6/c1-9-12-5-4-11(8-22-10(2)18)17(21)7-6-13(19)16(17,3)14(12)23-15(9)20/h6-7,11-12,14,21H,1,4-5,8H2,2-3H3/t11-,12+,14-,16+,17-/m1/s1. The molecule has 1 saturated carbocycles. The number of hydrogen-bond donors (Lipinski definition) is 1. The molecular formula is C17H20O6. The normalized spacial score (nSPS) is 42.0. The maximum Gasteiger partial charge on any atom is 0.334 e. The van der Waals surface area contributed by atoms with E-state index in [0.717, 1.165) is 0 Å².